The van der Waals surface area contributed by atoms with Gasteiger partial charge in [0.15, 0.2) is 0 Å². The minimum absolute atomic E-state index is 0.0464. The highest BCUT2D eigenvalue weighted by atomic mass is 79.9. The molecule has 0 spiro atoms. The summed E-state index contributed by atoms with van der Waals surface area (Å²) < 4.78 is 0.739. The van der Waals surface area contributed by atoms with Gasteiger partial charge in [-0.2, -0.15) is 4.98 Å². The van der Waals surface area contributed by atoms with E-state index in [2.05, 4.69) is 47.2 Å². The van der Waals surface area contributed by atoms with Crippen LogP contribution < -0.4 is 21.3 Å². The first-order valence-electron chi connectivity index (χ1n) is 10.5. The van der Waals surface area contributed by atoms with Gasteiger partial charge in [0.25, 0.3) is 0 Å². The van der Waals surface area contributed by atoms with E-state index in [0.717, 1.165) is 36.1 Å². The summed E-state index contributed by atoms with van der Waals surface area (Å²) in [7, 11) is 0. The van der Waals surface area contributed by atoms with Crippen LogP contribution >= 0.6 is 15.9 Å². The molecule has 2 heterocycles. The monoisotopic (exact) mass is 489 g/mol. The Kier molecular flexibility index (Phi) is 8.45. The molecular formula is C21H28BrN7O2. The number of rotatable bonds is 9. The van der Waals surface area contributed by atoms with Gasteiger partial charge < -0.3 is 26.2 Å². The molecule has 0 atom stereocenters. The largest absolute Gasteiger partial charge is 0.369 e. The highest BCUT2D eigenvalue weighted by Gasteiger charge is 2.17. The summed E-state index contributed by atoms with van der Waals surface area (Å²) in [5, 5.41) is 12.1. The topological polar surface area (TPSA) is 111 Å². The van der Waals surface area contributed by atoms with E-state index in [1.165, 1.54) is 0 Å². The van der Waals surface area contributed by atoms with Gasteiger partial charge in [0.1, 0.15) is 5.82 Å². The van der Waals surface area contributed by atoms with Gasteiger partial charge in [-0.15, -0.1) is 0 Å². The highest BCUT2D eigenvalue weighted by molar-refractivity contribution is 9.10. The lowest BCUT2D eigenvalue weighted by Gasteiger charge is -2.16. The maximum atomic E-state index is 12.3. The van der Waals surface area contributed by atoms with Crippen LogP contribution in [0.5, 0.6) is 0 Å². The number of nitrogens with zero attached hydrogens (tertiary/aromatic N) is 3. The molecule has 3 amide bonds. The number of carbonyl (C=O) groups is 2. The predicted molar refractivity (Wildman–Crippen MR) is 126 cm³/mol. The van der Waals surface area contributed by atoms with Gasteiger partial charge in [-0.3, -0.25) is 4.79 Å². The first kappa shape index (κ1) is 22.8. The molecule has 0 saturated carbocycles. The van der Waals surface area contributed by atoms with Crippen LogP contribution in [0.25, 0.3) is 0 Å². The summed E-state index contributed by atoms with van der Waals surface area (Å²) in [6, 6.07) is 7.37. The van der Waals surface area contributed by atoms with Gasteiger partial charge in [-0.25, -0.2) is 9.78 Å². The van der Waals surface area contributed by atoms with E-state index in [1.54, 1.807) is 6.20 Å². The zero-order valence-electron chi connectivity index (χ0n) is 17.6. The molecule has 0 unspecified atom stereocenters. The number of urea groups is 1. The predicted octanol–water partition coefficient (Wildman–Crippen LogP) is 3.94. The van der Waals surface area contributed by atoms with Crippen LogP contribution in [0.3, 0.4) is 0 Å². The number of benzene rings is 1. The molecule has 2 aromatic rings. The lowest BCUT2D eigenvalue weighted by Crippen LogP contribution is -2.32. The highest BCUT2D eigenvalue weighted by Crippen LogP contribution is 2.23. The Hall–Kier alpha value is -2.88. The van der Waals surface area contributed by atoms with Gasteiger partial charge in [-0.1, -0.05) is 6.07 Å². The second-order valence-corrected chi connectivity index (χ2v) is 8.06. The van der Waals surface area contributed by atoms with E-state index in [4.69, 9.17) is 0 Å². The molecule has 31 heavy (non-hydrogen) atoms. The van der Waals surface area contributed by atoms with Crippen LogP contribution in [0.15, 0.2) is 34.9 Å². The van der Waals surface area contributed by atoms with Crippen molar-refractivity contribution in [2.24, 2.45) is 0 Å². The van der Waals surface area contributed by atoms with Crippen molar-refractivity contribution in [3.05, 3.63) is 34.9 Å². The van der Waals surface area contributed by atoms with E-state index in [0.29, 0.717) is 43.4 Å². The lowest BCUT2D eigenvalue weighted by atomic mass is 10.3. The molecule has 1 aliphatic heterocycles. The summed E-state index contributed by atoms with van der Waals surface area (Å²) in [6.45, 7) is 4.76. The molecule has 0 bridgehead atoms. The van der Waals surface area contributed by atoms with E-state index in [9.17, 15) is 9.59 Å². The fourth-order valence-corrected chi connectivity index (χ4v) is 3.55. The summed E-state index contributed by atoms with van der Waals surface area (Å²) in [5.41, 5.74) is 1.48. The van der Waals surface area contributed by atoms with Crippen molar-refractivity contribution in [1.82, 2.24) is 20.2 Å². The quantitative estimate of drug-likeness (QED) is 0.397. The van der Waals surface area contributed by atoms with Crippen molar-refractivity contribution < 1.29 is 9.59 Å². The normalized spacial score (nSPS) is 13.0. The standard InChI is InChI=1S/C21H28BrN7O2/c1-2-23-18(30)9-6-10-24-19-17(22)14-25-20(28-19)26-15-7-5-8-16(13-15)27-21(31)29-11-3-4-12-29/h5,7-8,13-14H,2-4,6,9-12H2,1H3,(H,23,30)(H,27,31)(H2,24,25,26,28). The summed E-state index contributed by atoms with van der Waals surface area (Å²) in [6.07, 6.45) is 4.94. The lowest BCUT2D eigenvalue weighted by molar-refractivity contribution is -0.121. The zero-order chi connectivity index (χ0) is 22.1. The minimum Gasteiger partial charge on any atom is -0.369 e. The second-order valence-electron chi connectivity index (χ2n) is 7.20. The first-order chi connectivity index (χ1) is 15.0. The van der Waals surface area contributed by atoms with Crippen molar-refractivity contribution in [3.8, 4) is 0 Å². The molecule has 1 aliphatic rings. The summed E-state index contributed by atoms with van der Waals surface area (Å²) in [4.78, 5) is 34.5. The molecule has 1 aromatic carbocycles. The summed E-state index contributed by atoms with van der Waals surface area (Å²) in [5.74, 6) is 1.12. The smallest absolute Gasteiger partial charge is 0.321 e. The molecular weight excluding hydrogens is 462 g/mol. The first-order valence-corrected chi connectivity index (χ1v) is 11.3. The number of hydrogen-bond donors (Lipinski definition) is 4. The van der Waals surface area contributed by atoms with Crippen LogP contribution in [-0.2, 0) is 4.79 Å². The fraction of sp³-hybridized carbons (Fsp3) is 0.429. The Bertz CT molecular complexity index is 903. The van der Waals surface area contributed by atoms with Gasteiger partial charge in [0.05, 0.1) is 4.47 Å². The second kappa shape index (κ2) is 11.5. The Labute approximate surface area is 190 Å². The molecule has 9 nitrogen and oxygen atoms in total. The van der Waals surface area contributed by atoms with E-state index >= 15 is 0 Å². The Morgan fingerprint density at radius 2 is 1.97 bits per heavy atom. The molecule has 4 N–H and O–H groups in total. The molecule has 0 radical (unpaired) electrons. The third-order valence-electron chi connectivity index (χ3n) is 4.75. The van der Waals surface area contributed by atoms with E-state index in [-0.39, 0.29) is 11.9 Å². The molecule has 1 fully saturated rings. The van der Waals surface area contributed by atoms with Crippen LogP contribution in [0.2, 0.25) is 0 Å². The van der Waals surface area contributed by atoms with Crippen LogP contribution in [0, 0.1) is 0 Å². The maximum absolute atomic E-state index is 12.3. The van der Waals surface area contributed by atoms with Crippen molar-refractivity contribution in [3.63, 3.8) is 0 Å². The number of hydrogen-bond acceptors (Lipinski definition) is 6. The third-order valence-corrected chi connectivity index (χ3v) is 5.33. The fourth-order valence-electron chi connectivity index (χ4n) is 3.22. The molecule has 166 valence electrons. The van der Waals surface area contributed by atoms with E-state index < -0.39 is 0 Å². The molecule has 10 heteroatoms. The number of carbonyl (C=O) groups excluding carboxylic acids is 2. The SMILES string of the molecule is CCNC(=O)CCCNc1nc(Nc2cccc(NC(=O)N3CCCC3)c2)ncc1Br. The number of nitrogens with one attached hydrogen (secondary N) is 4. The average Bonchev–Trinajstić information content (AvgIpc) is 3.29. The maximum Gasteiger partial charge on any atom is 0.321 e. The van der Waals surface area contributed by atoms with Crippen molar-refractivity contribution in [1.29, 1.82) is 0 Å². The average molecular weight is 490 g/mol. The van der Waals surface area contributed by atoms with Crippen molar-refractivity contribution in [2.45, 2.75) is 32.6 Å². The van der Waals surface area contributed by atoms with E-state index in [1.807, 2.05) is 36.1 Å². The molecule has 1 saturated heterocycles. The number of amides is 3. The minimum atomic E-state index is -0.0753. The van der Waals surface area contributed by atoms with Gasteiger partial charge >= 0.3 is 6.03 Å². The van der Waals surface area contributed by atoms with Crippen LogP contribution in [0.4, 0.5) is 27.9 Å². The van der Waals surface area contributed by atoms with Crippen molar-refractivity contribution >= 4 is 51.0 Å². The van der Waals surface area contributed by atoms with Crippen LogP contribution in [0.1, 0.15) is 32.6 Å². The summed E-state index contributed by atoms with van der Waals surface area (Å²) >= 11 is 3.45. The molecule has 1 aromatic heterocycles. The number of likely N-dealkylation sites (tertiary alicyclic amines) is 1. The number of aromatic nitrogens is 2. The zero-order valence-corrected chi connectivity index (χ0v) is 19.2. The van der Waals surface area contributed by atoms with Crippen LogP contribution in [-0.4, -0.2) is 53.0 Å². The van der Waals surface area contributed by atoms with Gasteiger partial charge in [-0.05, 0) is 60.3 Å². The Balaban J connectivity index is 1.56. The number of halogens is 1. The van der Waals surface area contributed by atoms with Gasteiger partial charge in [0, 0.05) is 50.2 Å². The molecule has 3 rings (SSSR count). The van der Waals surface area contributed by atoms with Gasteiger partial charge in [0.2, 0.25) is 11.9 Å². The number of anilines is 4. The Morgan fingerprint density at radius 3 is 2.74 bits per heavy atom. The Morgan fingerprint density at radius 1 is 1.19 bits per heavy atom. The molecule has 0 aliphatic carbocycles. The third kappa shape index (κ3) is 7.09. The van der Waals surface area contributed by atoms with Crippen molar-refractivity contribution in [2.75, 3.05) is 42.1 Å².